The van der Waals surface area contributed by atoms with Crippen molar-refractivity contribution in [3.63, 3.8) is 0 Å². The fourth-order valence-corrected chi connectivity index (χ4v) is 3.45. The Morgan fingerprint density at radius 1 is 1.27 bits per heavy atom. The van der Waals surface area contributed by atoms with Gasteiger partial charge in [-0.2, -0.15) is 0 Å². The highest BCUT2D eigenvalue weighted by atomic mass is 16.3. The number of fused-ring (bicyclic) bond motifs is 2. The summed E-state index contributed by atoms with van der Waals surface area (Å²) in [5.74, 6) is 0.450. The van der Waals surface area contributed by atoms with Gasteiger partial charge >= 0.3 is 0 Å². The smallest absolute Gasteiger partial charge is 0.0942 e. The summed E-state index contributed by atoms with van der Waals surface area (Å²) >= 11 is 0. The van der Waals surface area contributed by atoms with Gasteiger partial charge in [-0.05, 0) is 37.5 Å². The molecule has 2 aliphatic rings. The first-order valence-corrected chi connectivity index (χ1v) is 5.86. The topological polar surface area (TPSA) is 40.5 Å². The first kappa shape index (κ1) is 11.2. The molecule has 4 atom stereocenters. The van der Waals surface area contributed by atoms with Gasteiger partial charge < -0.3 is 10.2 Å². The first-order chi connectivity index (χ1) is 6.77. The molecule has 2 N–H and O–H groups in total. The van der Waals surface area contributed by atoms with Crippen LogP contribution in [-0.4, -0.2) is 21.9 Å². The van der Waals surface area contributed by atoms with Crippen LogP contribution in [0.5, 0.6) is 0 Å². The lowest BCUT2D eigenvalue weighted by atomic mass is 9.53. The average molecular weight is 210 g/mol. The maximum Gasteiger partial charge on any atom is 0.0942 e. The van der Waals surface area contributed by atoms with E-state index in [2.05, 4.69) is 20.4 Å². The molecule has 0 heterocycles. The summed E-state index contributed by atoms with van der Waals surface area (Å²) in [5.41, 5.74) is 0.413. The molecule has 0 aliphatic heterocycles. The van der Waals surface area contributed by atoms with Crippen molar-refractivity contribution in [1.29, 1.82) is 0 Å². The zero-order chi connectivity index (χ0) is 11.4. The highest BCUT2D eigenvalue weighted by molar-refractivity contribution is 5.23. The normalized spacial score (nSPS) is 49.1. The summed E-state index contributed by atoms with van der Waals surface area (Å²) in [5, 5.41) is 20.3. The van der Waals surface area contributed by atoms with E-state index in [0.29, 0.717) is 12.3 Å². The molecule has 0 radical (unpaired) electrons. The zero-order valence-electron chi connectivity index (χ0n) is 9.95. The van der Waals surface area contributed by atoms with Crippen LogP contribution in [0.1, 0.15) is 40.0 Å². The van der Waals surface area contributed by atoms with Crippen molar-refractivity contribution < 1.29 is 10.2 Å². The van der Waals surface area contributed by atoms with Crippen LogP contribution in [-0.2, 0) is 0 Å². The average Bonchev–Trinajstić information content (AvgIpc) is 2.09. The molecule has 86 valence electrons. The Labute approximate surface area is 92.0 Å². The Morgan fingerprint density at radius 3 is 2.47 bits per heavy atom. The lowest BCUT2D eigenvalue weighted by Crippen LogP contribution is -2.56. The van der Waals surface area contributed by atoms with E-state index in [1.165, 1.54) is 0 Å². The second-order valence-electron chi connectivity index (χ2n) is 6.18. The van der Waals surface area contributed by atoms with Crippen LogP contribution in [0, 0.1) is 17.3 Å². The Kier molecular flexibility index (Phi) is 2.29. The number of hydrogen-bond donors (Lipinski definition) is 2. The molecule has 0 aromatic heterocycles. The van der Waals surface area contributed by atoms with Crippen molar-refractivity contribution >= 4 is 0 Å². The van der Waals surface area contributed by atoms with Gasteiger partial charge in [0.2, 0.25) is 0 Å². The Morgan fingerprint density at radius 2 is 1.87 bits per heavy atom. The van der Waals surface area contributed by atoms with E-state index < -0.39 is 11.7 Å². The van der Waals surface area contributed by atoms with Gasteiger partial charge in [-0.15, -0.1) is 0 Å². The largest absolute Gasteiger partial charge is 0.390 e. The van der Waals surface area contributed by atoms with Crippen molar-refractivity contribution in [2.45, 2.75) is 51.7 Å². The molecule has 0 aromatic carbocycles. The van der Waals surface area contributed by atoms with Crippen molar-refractivity contribution in [2.24, 2.45) is 17.3 Å². The fraction of sp³-hybridized carbons (Fsp3) is 0.846. The van der Waals surface area contributed by atoms with Crippen LogP contribution in [0.15, 0.2) is 12.2 Å². The molecule has 2 saturated carbocycles. The van der Waals surface area contributed by atoms with Crippen LogP contribution in [0.25, 0.3) is 0 Å². The van der Waals surface area contributed by atoms with Gasteiger partial charge in [0.15, 0.2) is 0 Å². The van der Waals surface area contributed by atoms with Gasteiger partial charge in [0.1, 0.15) is 0 Å². The second kappa shape index (κ2) is 3.08. The van der Waals surface area contributed by atoms with Crippen molar-refractivity contribution in [1.82, 2.24) is 0 Å². The molecule has 2 aliphatic carbocycles. The molecule has 2 bridgehead atoms. The van der Waals surface area contributed by atoms with Crippen molar-refractivity contribution in [3.8, 4) is 0 Å². The molecule has 0 aromatic rings. The predicted molar refractivity (Wildman–Crippen MR) is 60.4 cm³/mol. The van der Waals surface area contributed by atoms with E-state index in [1.807, 2.05) is 0 Å². The first-order valence-electron chi connectivity index (χ1n) is 5.86. The van der Waals surface area contributed by atoms with E-state index in [4.69, 9.17) is 0 Å². The summed E-state index contributed by atoms with van der Waals surface area (Å²) in [6, 6.07) is 0. The summed E-state index contributed by atoms with van der Waals surface area (Å²) in [6.45, 7) is 10.4. The quantitative estimate of drug-likeness (QED) is 0.601. The molecule has 2 heteroatoms. The van der Waals surface area contributed by atoms with Gasteiger partial charge in [0.25, 0.3) is 0 Å². The third kappa shape index (κ3) is 1.46. The molecule has 2 fully saturated rings. The predicted octanol–water partition coefficient (Wildman–Crippen LogP) is 2.11. The van der Waals surface area contributed by atoms with Gasteiger partial charge in [-0.1, -0.05) is 26.0 Å². The van der Waals surface area contributed by atoms with E-state index in [9.17, 15) is 10.2 Å². The Hall–Kier alpha value is -0.340. The maximum atomic E-state index is 10.3. The molecule has 2 nitrogen and oxygen atoms in total. The summed E-state index contributed by atoms with van der Waals surface area (Å²) < 4.78 is 0. The third-order valence-corrected chi connectivity index (χ3v) is 4.75. The molecular formula is C13H22O2. The molecule has 0 unspecified atom stereocenters. The lowest BCUT2D eigenvalue weighted by Gasteiger charge is -2.55. The molecule has 15 heavy (non-hydrogen) atoms. The number of aliphatic hydroxyl groups excluding tert-OH is 1. The van der Waals surface area contributed by atoms with Crippen LogP contribution in [0.4, 0.5) is 0 Å². The molecule has 0 spiro atoms. The minimum atomic E-state index is -0.968. The van der Waals surface area contributed by atoms with Crippen LogP contribution < -0.4 is 0 Å². The number of aliphatic hydroxyl groups is 2. The van der Waals surface area contributed by atoms with E-state index in [-0.39, 0.29) is 11.3 Å². The third-order valence-electron chi connectivity index (χ3n) is 4.75. The molecule has 2 rings (SSSR count). The Bertz CT molecular complexity index is 287. The Balaban J connectivity index is 2.35. The SMILES string of the molecule is C=C1[C@@H]2C[C@H](O)[C@@](C)(O)[C@H]1CCC2(C)C. The standard InChI is InChI=1S/C13H22O2/c1-8-9-5-6-12(2,3)10(8)7-11(14)13(9,4)15/h9-11,14-15H,1,5-7H2,2-4H3/t9-,10-,11-,13-/m0/s1. The van der Waals surface area contributed by atoms with Crippen LogP contribution in [0.3, 0.4) is 0 Å². The summed E-state index contributed by atoms with van der Waals surface area (Å²) in [7, 11) is 0. The number of rotatable bonds is 0. The van der Waals surface area contributed by atoms with Crippen molar-refractivity contribution in [2.75, 3.05) is 0 Å². The van der Waals surface area contributed by atoms with Gasteiger partial charge in [-0.25, -0.2) is 0 Å². The van der Waals surface area contributed by atoms with Gasteiger partial charge in [0.05, 0.1) is 11.7 Å². The fourth-order valence-electron chi connectivity index (χ4n) is 3.45. The number of hydrogen-bond acceptors (Lipinski definition) is 2. The maximum absolute atomic E-state index is 10.3. The molecular weight excluding hydrogens is 188 g/mol. The lowest BCUT2D eigenvalue weighted by molar-refractivity contribution is -0.141. The highest BCUT2D eigenvalue weighted by Crippen LogP contribution is 2.55. The summed E-state index contributed by atoms with van der Waals surface area (Å²) in [4.78, 5) is 0. The minimum absolute atomic E-state index is 0.0827. The van der Waals surface area contributed by atoms with E-state index in [0.717, 1.165) is 18.4 Å². The van der Waals surface area contributed by atoms with Gasteiger partial charge in [0, 0.05) is 5.92 Å². The second-order valence-corrected chi connectivity index (χ2v) is 6.18. The molecule has 0 amide bonds. The van der Waals surface area contributed by atoms with Gasteiger partial charge in [-0.3, -0.25) is 0 Å². The minimum Gasteiger partial charge on any atom is -0.390 e. The van der Waals surface area contributed by atoms with E-state index in [1.54, 1.807) is 6.92 Å². The van der Waals surface area contributed by atoms with E-state index >= 15 is 0 Å². The van der Waals surface area contributed by atoms with Crippen LogP contribution >= 0.6 is 0 Å². The summed E-state index contributed by atoms with van der Waals surface area (Å²) in [6.07, 6.45) is 2.13. The zero-order valence-corrected chi connectivity index (χ0v) is 9.95. The van der Waals surface area contributed by atoms with Crippen LogP contribution in [0.2, 0.25) is 0 Å². The van der Waals surface area contributed by atoms with Crippen molar-refractivity contribution in [3.05, 3.63) is 12.2 Å². The molecule has 0 saturated heterocycles. The monoisotopic (exact) mass is 210 g/mol. The highest BCUT2D eigenvalue weighted by Gasteiger charge is 2.53.